The highest BCUT2D eigenvalue weighted by Crippen LogP contribution is 2.34. The number of rotatable bonds is 6. The van der Waals surface area contributed by atoms with Crippen molar-refractivity contribution in [2.45, 2.75) is 37.5 Å². The quantitative estimate of drug-likeness (QED) is 0.516. The Morgan fingerprint density at radius 3 is 2.56 bits per heavy atom. The normalized spacial score (nSPS) is 19.3. The summed E-state index contributed by atoms with van der Waals surface area (Å²) in [6, 6.07) is 13.6. The maximum absolute atomic E-state index is 12.6. The summed E-state index contributed by atoms with van der Waals surface area (Å²) >= 11 is 0. The molecule has 0 bridgehead atoms. The number of imide groups is 1. The molecule has 2 fully saturated rings. The van der Waals surface area contributed by atoms with Crippen molar-refractivity contribution >= 4 is 34.3 Å². The molecule has 0 radical (unpaired) electrons. The lowest BCUT2D eigenvalue weighted by molar-refractivity contribution is -0.134. The Balaban J connectivity index is 1.23. The van der Waals surface area contributed by atoms with Gasteiger partial charge in [0.25, 0.3) is 5.91 Å². The van der Waals surface area contributed by atoms with Crippen molar-refractivity contribution in [3.05, 3.63) is 53.7 Å². The predicted molar refractivity (Wildman–Crippen MR) is 136 cm³/mol. The van der Waals surface area contributed by atoms with Gasteiger partial charge >= 0.3 is 0 Å². The van der Waals surface area contributed by atoms with Gasteiger partial charge in [-0.3, -0.25) is 24.4 Å². The molecule has 188 valence electrons. The fraction of sp³-hybridized carbons (Fsp3) is 0.407. The summed E-state index contributed by atoms with van der Waals surface area (Å²) in [6.45, 7) is 2.06. The van der Waals surface area contributed by atoms with E-state index in [1.165, 1.54) is 5.56 Å². The standard InChI is InChI=1S/C27H31N5O4/c1-31-14-12-18(13-15-31)17-6-8-19(9-7-17)28-24(34)16-36-22-5-3-4-20-25(30-32(2)26(20)22)21-10-11-23(33)29-27(21)35/h3-9,18,21H,10-16H2,1-2H3,(H,28,34)(H,29,33,35). The Hall–Kier alpha value is -3.72. The van der Waals surface area contributed by atoms with Gasteiger partial charge in [-0.1, -0.05) is 24.3 Å². The third-order valence-electron chi connectivity index (χ3n) is 7.17. The summed E-state index contributed by atoms with van der Waals surface area (Å²) in [5.74, 6) is -0.275. The van der Waals surface area contributed by atoms with Gasteiger partial charge in [0.1, 0.15) is 11.3 Å². The van der Waals surface area contributed by atoms with Gasteiger partial charge in [-0.2, -0.15) is 5.10 Å². The molecule has 9 heteroatoms. The fourth-order valence-electron chi connectivity index (χ4n) is 5.18. The minimum absolute atomic E-state index is 0.158. The third-order valence-corrected chi connectivity index (χ3v) is 7.17. The van der Waals surface area contributed by atoms with Crippen LogP contribution >= 0.6 is 0 Å². The van der Waals surface area contributed by atoms with Crippen molar-refractivity contribution < 1.29 is 19.1 Å². The van der Waals surface area contributed by atoms with Crippen LogP contribution in [-0.4, -0.2) is 59.1 Å². The number of likely N-dealkylation sites (tertiary alicyclic amines) is 1. The number of hydrogen-bond acceptors (Lipinski definition) is 6. The van der Waals surface area contributed by atoms with Crippen molar-refractivity contribution in [1.82, 2.24) is 20.0 Å². The number of aryl methyl sites for hydroxylation is 1. The SMILES string of the molecule is CN1CCC(c2ccc(NC(=O)COc3cccc4c(C5CCC(=O)NC5=O)nn(C)c34)cc2)CC1. The number of aromatic nitrogens is 2. The maximum atomic E-state index is 12.6. The van der Waals surface area contributed by atoms with Gasteiger partial charge < -0.3 is 15.0 Å². The zero-order chi connectivity index (χ0) is 25.2. The summed E-state index contributed by atoms with van der Waals surface area (Å²) in [5.41, 5.74) is 3.36. The number of hydrogen-bond donors (Lipinski definition) is 2. The predicted octanol–water partition coefficient (Wildman–Crippen LogP) is 2.92. The Morgan fingerprint density at radius 2 is 1.83 bits per heavy atom. The van der Waals surface area contributed by atoms with Crippen molar-refractivity contribution in [2.75, 3.05) is 32.1 Å². The molecule has 0 spiro atoms. The third kappa shape index (κ3) is 4.97. The number of carbonyl (C=O) groups excluding carboxylic acids is 3. The molecule has 0 aliphatic carbocycles. The minimum atomic E-state index is -0.498. The molecular weight excluding hydrogens is 458 g/mol. The van der Waals surface area contributed by atoms with Gasteiger partial charge in [0.2, 0.25) is 11.8 Å². The van der Waals surface area contributed by atoms with Crippen LogP contribution in [0.15, 0.2) is 42.5 Å². The lowest BCUT2D eigenvalue weighted by Crippen LogP contribution is -2.39. The number of fused-ring (bicyclic) bond motifs is 1. The van der Waals surface area contributed by atoms with E-state index in [-0.39, 0.29) is 30.7 Å². The molecule has 3 amide bonds. The van der Waals surface area contributed by atoms with Crippen LogP contribution in [0, 0.1) is 0 Å². The molecule has 1 aromatic heterocycles. The van der Waals surface area contributed by atoms with E-state index in [1.807, 2.05) is 24.3 Å². The molecule has 5 rings (SSSR count). The lowest BCUT2D eigenvalue weighted by atomic mass is 9.89. The molecule has 2 aromatic carbocycles. The second-order valence-electron chi connectivity index (χ2n) is 9.70. The van der Waals surface area contributed by atoms with E-state index in [2.05, 4.69) is 39.8 Å². The summed E-state index contributed by atoms with van der Waals surface area (Å²) in [7, 11) is 3.93. The van der Waals surface area contributed by atoms with Crippen LogP contribution in [0.5, 0.6) is 5.75 Å². The van der Waals surface area contributed by atoms with Crippen molar-refractivity contribution in [3.63, 3.8) is 0 Å². The van der Waals surface area contributed by atoms with Crippen LogP contribution in [0.3, 0.4) is 0 Å². The first-order chi connectivity index (χ1) is 17.4. The second kappa shape index (κ2) is 10.1. The molecule has 2 saturated heterocycles. The highest BCUT2D eigenvalue weighted by atomic mass is 16.5. The monoisotopic (exact) mass is 489 g/mol. The van der Waals surface area contributed by atoms with Crippen LogP contribution in [0.4, 0.5) is 5.69 Å². The molecule has 0 saturated carbocycles. The van der Waals surface area contributed by atoms with Gasteiger partial charge in [-0.05, 0) is 69.1 Å². The van der Waals surface area contributed by atoms with Gasteiger partial charge in [-0.15, -0.1) is 0 Å². The Kier molecular flexibility index (Phi) is 6.73. The minimum Gasteiger partial charge on any atom is -0.481 e. The van der Waals surface area contributed by atoms with Crippen LogP contribution in [0.25, 0.3) is 10.9 Å². The zero-order valence-electron chi connectivity index (χ0n) is 20.6. The van der Waals surface area contributed by atoms with Gasteiger partial charge in [0, 0.05) is 24.5 Å². The number of piperidine rings is 2. The fourth-order valence-corrected chi connectivity index (χ4v) is 5.18. The summed E-state index contributed by atoms with van der Waals surface area (Å²) in [5, 5.41) is 10.6. The van der Waals surface area contributed by atoms with E-state index in [0.29, 0.717) is 29.3 Å². The van der Waals surface area contributed by atoms with Crippen LogP contribution < -0.4 is 15.4 Å². The van der Waals surface area contributed by atoms with Gasteiger partial charge in [0.15, 0.2) is 6.61 Å². The number of ether oxygens (including phenoxy) is 1. The van der Waals surface area contributed by atoms with Gasteiger partial charge in [0.05, 0.1) is 11.6 Å². The maximum Gasteiger partial charge on any atom is 0.262 e. The first-order valence-electron chi connectivity index (χ1n) is 12.4. The van der Waals surface area contributed by atoms with Crippen LogP contribution in [0.2, 0.25) is 0 Å². The zero-order valence-corrected chi connectivity index (χ0v) is 20.6. The highest BCUT2D eigenvalue weighted by molar-refractivity contribution is 6.03. The Morgan fingerprint density at radius 1 is 1.08 bits per heavy atom. The highest BCUT2D eigenvalue weighted by Gasteiger charge is 2.32. The number of anilines is 1. The molecular formula is C27H31N5O4. The summed E-state index contributed by atoms with van der Waals surface area (Å²) < 4.78 is 7.53. The smallest absolute Gasteiger partial charge is 0.262 e. The van der Waals surface area contributed by atoms with E-state index in [1.54, 1.807) is 17.8 Å². The summed E-state index contributed by atoms with van der Waals surface area (Å²) in [6.07, 6.45) is 3.01. The largest absolute Gasteiger partial charge is 0.481 e. The first kappa shape index (κ1) is 24.0. The molecule has 2 N–H and O–H groups in total. The number of para-hydroxylation sites is 1. The van der Waals surface area contributed by atoms with Crippen molar-refractivity contribution in [3.8, 4) is 5.75 Å². The molecule has 36 heavy (non-hydrogen) atoms. The van der Waals surface area contributed by atoms with E-state index in [0.717, 1.165) is 37.0 Å². The van der Waals surface area contributed by atoms with E-state index < -0.39 is 5.92 Å². The Labute approximate surface area is 209 Å². The molecule has 2 aliphatic rings. The topological polar surface area (TPSA) is 106 Å². The number of carbonyl (C=O) groups is 3. The number of nitrogens with zero attached hydrogens (tertiary/aromatic N) is 3. The lowest BCUT2D eigenvalue weighted by Gasteiger charge is -2.29. The summed E-state index contributed by atoms with van der Waals surface area (Å²) in [4.78, 5) is 38.9. The molecule has 1 unspecified atom stereocenters. The molecule has 9 nitrogen and oxygen atoms in total. The van der Waals surface area contributed by atoms with E-state index >= 15 is 0 Å². The molecule has 3 heterocycles. The molecule has 2 aliphatic heterocycles. The molecule has 1 atom stereocenters. The van der Waals surface area contributed by atoms with Crippen molar-refractivity contribution in [2.24, 2.45) is 7.05 Å². The Bertz CT molecular complexity index is 1290. The van der Waals surface area contributed by atoms with E-state index in [4.69, 9.17) is 4.74 Å². The number of amides is 3. The van der Waals surface area contributed by atoms with Crippen LogP contribution in [0.1, 0.15) is 48.8 Å². The first-order valence-corrected chi connectivity index (χ1v) is 12.4. The number of benzene rings is 2. The average molecular weight is 490 g/mol. The average Bonchev–Trinajstić information content (AvgIpc) is 3.20. The van der Waals surface area contributed by atoms with E-state index in [9.17, 15) is 14.4 Å². The second-order valence-corrected chi connectivity index (χ2v) is 9.70. The van der Waals surface area contributed by atoms with Crippen molar-refractivity contribution in [1.29, 1.82) is 0 Å². The number of nitrogens with one attached hydrogen (secondary N) is 2. The molecule has 3 aromatic rings. The van der Waals surface area contributed by atoms with Gasteiger partial charge in [-0.25, -0.2) is 0 Å². The van der Waals surface area contributed by atoms with Crippen LogP contribution in [-0.2, 0) is 21.4 Å².